The molecule has 0 unspecified atom stereocenters. The SMILES string of the molecule is CC(C)(C)Sc1cc(CNC(=O)CC2(O)CCCCC2)ccn1. The topological polar surface area (TPSA) is 62.2 Å². The molecule has 1 fully saturated rings. The number of thioether (sulfide) groups is 1. The first-order chi connectivity index (χ1) is 10.8. The quantitative estimate of drug-likeness (QED) is 0.805. The van der Waals surface area contributed by atoms with Crippen LogP contribution in [0.4, 0.5) is 0 Å². The number of hydrogen-bond donors (Lipinski definition) is 2. The fourth-order valence-corrected chi connectivity index (χ4v) is 3.83. The van der Waals surface area contributed by atoms with E-state index in [1.54, 1.807) is 18.0 Å². The minimum atomic E-state index is -0.798. The lowest BCUT2D eigenvalue weighted by molar-refractivity contribution is -0.127. The molecule has 0 radical (unpaired) electrons. The lowest BCUT2D eigenvalue weighted by Gasteiger charge is -2.31. The van der Waals surface area contributed by atoms with Crippen LogP contribution in [0.5, 0.6) is 0 Å². The molecule has 2 N–H and O–H groups in total. The number of carbonyl (C=O) groups excluding carboxylic acids is 1. The molecule has 4 nitrogen and oxygen atoms in total. The number of pyridine rings is 1. The van der Waals surface area contributed by atoms with Crippen molar-refractivity contribution >= 4 is 17.7 Å². The van der Waals surface area contributed by atoms with E-state index in [1.807, 2.05) is 12.1 Å². The maximum absolute atomic E-state index is 12.1. The van der Waals surface area contributed by atoms with E-state index in [4.69, 9.17) is 0 Å². The van der Waals surface area contributed by atoms with Gasteiger partial charge in [-0.2, -0.15) is 0 Å². The van der Waals surface area contributed by atoms with Gasteiger partial charge in [-0.3, -0.25) is 4.79 Å². The summed E-state index contributed by atoms with van der Waals surface area (Å²) >= 11 is 1.71. The van der Waals surface area contributed by atoms with Crippen molar-refractivity contribution in [1.29, 1.82) is 0 Å². The van der Waals surface area contributed by atoms with E-state index in [2.05, 4.69) is 31.1 Å². The van der Waals surface area contributed by atoms with Crippen LogP contribution in [0.15, 0.2) is 23.4 Å². The maximum Gasteiger partial charge on any atom is 0.223 e. The summed E-state index contributed by atoms with van der Waals surface area (Å²) in [5.41, 5.74) is 0.240. The number of aromatic nitrogens is 1. The summed E-state index contributed by atoms with van der Waals surface area (Å²) in [5, 5.41) is 14.3. The normalized spacial score (nSPS) is 17.7. The van der Waals surface area contributed by atoms with E-state index in [9.17, 15) is 9.90 Å². The van der Waals surface area contributed by atoms with Gasteiger partial charge >= 0.3 is 0 Å². The van der Waals surface area contributed by atoms with E-state index in [0.29, 0.717) is 6.54 Å². The van der Waals surface area contributed by atoms with Gasteiger partial charge in [0.25, 0.3) is 0 Å². The van der Waals surface area contributed by atoms with Gasteiger partial charge in [0.1, 0.15) is 0 Å². The van der Waals surface area contributed by atoms with Crippen LogP contribution >= 0.6 is 11.8 Å². The second-order valence-corrected chi connectivity index (χ2v) is 9.30. The van der Waals surface area contributed by atoms with E-state index >= 15 is 0 Å². The summed E-state index contributed by atoms with van der Waals surface area (Å²) < 4.78 is 0.110. The maximum atomic E-state index is 12.1. The third-order valence-electron chi connectivity index (χ3n) is 3.97. The Labute approximate surface area is 143 Å². The van der Waals surface area contributed by atoms with Crippen molar-refractivity contribution < 1.29 is 9.90 Å². The molecular weight excluding hydrogens is 308 g/mol. The predicted octanol–water partition coefficient (Wildman–Crippen LogP) is 3.67. The minimum absolute atomic E-state index is 0.0729. The molecule has 23 heavy (non-hydrogen) atoms. The predicted molar refractivity (Wildman–Crippen MR) is 94.3 cm³/mol. The Morgan fingerprint density at radius 3 is 2.70 bits per heavy atom. The summed E-state index contributed by atoms with van der Waals surface area (Å²) in [6.07, 6.45) is 6.66. The highest BCUT2D eigenvalue weighted by molar-refractivity contribution is 8.00. The van der Waals surface area contributed by atoms with Gasteiger partial charge in [-0.05, 0) is 30.5 Å². The van der Waals surface area contributed by atoms with Crippen LogP contribution in [0.3, 0.4) is 0 Å². The van der Waals surface area contributed by atoms with Crippen molar-refractivity contribution in [1.82, 2.24) is 10.3 Å². The highest BCUT2D eigenvalue weighted by Gasteiger charge is 2.31. The Morgan fingerprint density at radius 1 is 1.35 bits per heavy atom. The number of hydrogen-bond acceptors (Lipinski definition) is 4. The zero-order chi connectivity index (χ0) is 16.9. The molecule has 0 spiro atoms. The van der Waals surface area contributed by atoms with Crippen LogP contribution < -0.4 is 5.32 Å². The van der Waals surface area contributed by atoms with Crippen molar-refractivity contribution in [2.75, 3.05) is 0 Å². The second-order valence-electron chi connectivity index (χ2n) is 7.46. The third-order valence-corrected chi connectivity index (χ3v) is 5.02. The molecule has 0 aromatic carbocycles. The van der Waals surface area contributed by atoms with Gasteiger partial charge in [-0.15, -0.1) is 11.8 Å². The van der Waals surface area contributed by atoms with Gasteiger partial charge in [-0.25, -0.2) is 4.98 Å². The van der Waals surface area contributed by atoms with Crippen LogP contribution in [0.25, 0.3) is 0 Å². The van der Waals surface area contributed by atoms with Crippen molar-refractivity contribution in [3.63, 3.8) is 0 Å². The highest BCUT2D eigenvalue weighted by atomic mass is 32.2. The summed E-state index contributed by atoms with van der Waals surface area (Å²) in [4.78, 5) is 16.5. The molecule has 128 valence electrons. The molecule has 1 aromatic rings. The number of aliphatic hydroxyl groups is 1. The lowest BCUT2D eigenvalue weighted by Crippen LogP contribution is -2.38. The summed E-state index contributed by atoms with van der Waals surface area (Å²) in [7, 11) is 0. The molecule has 1 aliphatic carbocycles. The summed E-state index contributed by atoms with van der Waals surface area (Å²) in [5.74, 6) is -0.0729. The van der Waals surface area contributed by atoms with E-state index in [0.717, 1.165) is 42.7 Å². The Balaban J connectivity index is 1.85. The summed E-state index contributed by atoms with van der Waals surface area (Å²) in [6.45, 7) is 6.94. The molecule has 1 aliphatic rings. The zero-order valence-corrected chi connectivity index (χ0v) is 15.2. The van der Waals surface area contributed by atoms with E-state index in [1.165, 1.54) is 0 Å². The number of nitrogens with zero attached hydrogens (tertiary/aromatic N) is 1. The van der Waals surface area contributed by atoms with Crippen molar-refractivity contribution in [3.05, 3.63) is 23.9 Å². The van der Waals surface area contributed by atoms with Crippen molar-refractivity contribution in [2.45, 2.75) is 81.2 Å². The largest absolute Gasteiger partial charge is 0.389 e. The monoisotopic (exact) mass is 336 g/mol. The number of carbonyl (C=O) groups is 1. The lowest BCUT2D eigenvalue weighted by atomic mass is 9.82. The first-order valence-corrected chi connectivity index (χ1v) is 9.20. The number of amides is 1. The Kier molecular flexibility index (Phi) is 6.09. The summed E-state index contributed by atoms with van der Waals surface area (Å²) in [6, 6.07) is 3.94. The van der Waals surface area contributed by atoms with Gasteiger partial charge in [0.05, 0.1) is 17.0 Å². The molecule has 0 atom stereocenters. The standard InChI is InChI=1S/C18H28N2O2S/c1-17(2,3)23-16-11-14(7-10-19-16)13-20-15(21)12-18(22)8-5-4-6-9-18/h7,10-11,22H,4-6,8-9,12-13H2,1-3H3,(H,20,21). The van der Waals surface area contributed by atoms with Crippen molar-refractivity contribution in [2.24, 2.45) is 0 Å². The molecule has 0 saturated heterocycles. The van der Waals surface area contributed by atoms with Gasteiger partial charge in [-0.1, -0.05) is 40.0 Å². The fraction of sp³-hybridized carbons (Fsp3) is 0.667. The molecule has 1 saturated carbocycles. The number of rotatable bonds is 5. The Morgan fingerprint density at radius 2 is 2.04 bits per heavy atom. The van der Waals surface area contributed by atoms with Gasteiger partial charge in [0.2, 0.25) is 5.91 Å². The highest BCUT2D eigenvalue weighted by Crippen LogP contribution is 2.31. The average Bonchev–Trinajstić information content (AvgIpc) is 2.44. The number of nitrogens with one attached hydrogen (secondary N) is 1. The van der Waals surface area contributed by atoms with Crippen LogP contribution in [-0.4, -0.2) is 26.3 Å². The average molecular weight is 337 g/mol. The van der Waals surface area contributed by atoms with Gasteiger partial charge in [0.15, 0.2) is 0 Å². The molecule has 5 heteroatoms. The molecular formula is C18H28N2O2S. The van der Waals surface area contributed by atoms with Gasteiger partial charge < -0.3 is 10.4 Å². The molecule has 1 amide bonds. The molecule has 1 aromatic heterocycles. The Bertz CT molecular complexity index is 534. The molecule has 0 bridgehead atoms. The van der Waals surface area contributed by atoms with Crippen LogP contribution in [-0.2, 0) is 11.3 Å². The van der Waals surface area contributed by atoms with Crippen LogP contribution in [0.1, 0.15) is 64.9 Å². The smallest absolute Gasteiger partial charge is 0.223 e. The minimum Gasteiger partial charge on any atom is -0.389 e. The van der Waals surface area contributed by atoms with E-state index in [-0.39, 0.29) is 17.1 Å². The third kappa shape index (κ3) is 6.51. The zero-order valence-electron chi connectivity index (χ0n) is 14.4. The Hall–Kier alpha value is -1.07. The molecule has 2 rings (SSSR count). The second kappa shape index (κ2) is 7.67. The van der Waals surface area contributed by atoms with Crippen LogP contribution in [0, 0.1) is 0 Å². The first kappa shape index (κ1) is 18.3. The van der Waals surface area contributed by atoms with Crippen LogP contribution in [0.2, 0.25) is 0 Å². The fourth-order valence-electron chi connectivity index (χ4n) is 2.88. The van der Waals surface area contributed by atoms with E-state index < -0.39 is 5.60 Å². The molecule has 1 heterocycles. The van der Waals surface area contributed by atoms with Gasteiger partial charge in [0, 0.05) is 17.5 Å². The first-order valence-electron chi connectivity index (χ1n) is 8.39. The van der Waals surface area contributed by atoms with Crippen molar-refractivity contribution in [3.8, 4) is 0 Å². The molecule has 0 aliphatic heterocycles.